The van der Waals surface area contributed by atoms with Crippen molar-refractivity contribution in [3.8, 4) is 11.3 Å². The van der Waals surface area contributed by atoms with Crippen molar-refractivity contribution in [3.63, 3.8) is 0 Å². The Morgan fingerprint density at radius 3 is 2.54 bits per heavy atom. The van der Waals surface area contributed by atoms with Crippen molar-refractivity contribution in [3.05, 3.63) is 71.8 Å². The summed E-state index contributed by atoms with van der Waals surface area (Å²) in [5.74, 6) is -0.0724. The number of pyridine rings is 1. The molecule has 2 aromatic carbocycles. The molecule has 2 N–H and O–H groups in total. The van der Waals surface area contributed by atoms with E-state index in [0.29, 0.717) is 17.6 Å². The molecule has 1 saturated carbocycles. The van der Waals surface area contributed by atoms with Gasteiger partial charge in [-0.25, -0.2) is 22.8 Å². The summed E-state index contributed by atoms with van der Waals surface area (Å²) in [6.45, 7) is 0. The molecule has 0 saturated heterocycles. The average Bonchev–Trinajstić information content (AvgIpc) is 2.84. The van der Waals surface area contributed by atoms with E-state index < -0.39 is 15.8 Å². The Labute approximate surface area is 207 Å². The number of nitrogens with one attached hydrogen (secondary N) is 2. The summed E-state index contributed by atoms with van der Waals surface area (Å²) in [6, 6.07) is 12.8. The van der Waals surface area contributed by atoms with E-state index in [1.807, 2.05) is 0 Å². The number of fused-ring (bicyclic) bond motifs is 1. The third-order valence-electron chi connectivity index (χ3n) is 6.01. The molecule has 0 amide bonds. The minimum Gasteiger partial charge on any atom is -0.351 e. The van der Waals surface area contributed by atoms with E-state index in [0.717, 1.165) is 29.8 Å². The van der Waals surface area contributed by atoms with Crippen LogP contribution in [0, 0.1) is 5.82 Å². The fourth-order valence-electron chi connectivity index (χ4n) is 4.26. The van der Waals surface area contributed by atoms with E-state index >= 15 is 0 Å². The lowest BCUT2D eigenvalue weighted by Crippen LogP contribution is -2.23. The first-order valence-corrected chi connectivity index (χ1v) is 13.2. The van der Waals surface area contributed by atoms with Gasteiger partial charge in [0.05, 0.1) is 22.4 Å². The zero-order valence-electron chi connectivity index (χ0n) is 18.7. The topological polar surface area (TPSA) is 96.9 Å². The Bertz CT molecular complexity index is 1490. The van der Waals surface area contributed by atoms with Crippen LogP contribution in [0.25, 0.3) is 22.2 Å². The molecule has 35 heavy (non-hydrogen) atoms. The quantitative estimate of drug-likeness (QED) is 0.328. The van der Waals surface area contributed by atoms with E-state index in [4.69, 9.17) is 11.6 Å². The van der Waals surface area contributed by atoms with Gasteiger partial charge in [0.25, 0.3) is 10.0 Å². The van der Waals surface area contributed by atoms with E-state index in [-0.39, 0.29) is 21.3 Å². The standard InChI is InChI=1S/C25H23ClFN5O2S/c26-20-8-4-5-9-23(20)35(33,34)32-19-13-21(27)24(28-15-19)16-10-11-22-17(12-16)14-29-25(31-22)30-18-6-2-1-3-7-18/h4-5,8-15,18,32H,1-3,6-7H2,(H,29,30,31). The van der Waals surface area contributed by atoms with Gasteiger partial charge in [-0.1, -0.05) is 49.1 Å². The van der Waals surface area contributed by atoms with Crippen LogP contribution in [0.5, 0.6) is 0 Å². The second-order valence-corrected chi connectivity index (χ2v) is 10.6. The molecule has 7 nitrogen and oxygen atoms in total. The van der Waals surface area contributed by atoms with Crippen LogP contribution in [0.2, 0.25) is 5.02 Å². The number of hydrogen-bond donors (Lipinski definition) is 2. The molecule has 10 heteroatoms. The fourth-order valence-corrected chi connectivity index (χ4v) is 5.81. The lowest BCUT2D eigenvalue weighted by atomic mass is 9.96. The van der Waals surface area contributed by atoms with Gasteiger partial charge in [0, 0.05) is 29.3 Å². The molecule has 1 fully saturated rings. The monoisotopic (exact) mass is 511 g/mol. The van der Waals surface area contributed by atoms with Crippen LogP contribution in [0.1, 0.15) is 32.1 Å². The number of halogens is 2. The number of sulfonamides is 1. The SMILES string of the molecule is O=S(=O)(Nc1cnc(-c2ccc3nc(NC4CCCCC4)ncc3c2)c(F)c1)c1ccccc1Cl. The summed E-state index contributed by atoms with van der Waals surface area (Å²) >= 11 is 5.99. The molecule has 0 aliphatic heterocycles. The van der Waals surface area contributed by atoms with Gasteiger partial charge in [-0.2, -0.15) is 0 Å². The first-order chi connectivity index (χ1) is 16.9. The fraction of sp³-hybridized carbons (Fsp3) is 0.240. The zero-order chi connectivity index (χ0) is 24.4. The summed E-state index contributed by atoms with van der Waals surface area (Å²) in [6.07, 6.45) is 8.93. The maximum atomic E-state index is 15.0. The van der Waals surface area contributed by atoms with Crippen molar-refractivity contribution in [2.75, 3.05) is 10.0 Å². The Kier molecular flexibility index (Phi) is 6.53. The van der Waals surface area contributed by atoms with Crippen LogP contribution in [-0.4, -0.2) is 29.4 Å². The molecule has 1 aliphatic rings. The number of anilines is 2. The summed E-state index contributed by atoms with van der Waals surface area (Å²) in [5, 5.41) is 4.23. The highest BCUT2D eigenvalue weighted by Crippen LogP contribution is 2.28. The molecular weight excluding hydrogens is 489 g/mol. The average molecular weight is 512 g/mol. The normalized spacial score (nSPS) is 14.7. The van der Waals surface area contributed by atoms with Crippen molar-refractivity contribution in [1.29, 1.82) is 0 Å². The molecule has 0 bridgehead atoms. The number of benzene rings is 2. The van der Waals surface area contributed by atoms with E-state index in [9.17, 15) is 12.8 Å². The summed E-state index contributed by atoms with van der Waals surface area (Å²) in [7, 11) is -3.99. The molecule has 5 rings (SSSR count). The van der Waals surface area contributed by atoms with Crippen LogP contribution >= 0.6 is 11.6 Å². The maximum absolute atomic E-state index is 15.0. The van der Waals surface area contributed by atoms with Crippen molar-refractivity contribution in [2.24, 2.45) is 0 Å². The Morgan fingerprint density at radius 2 is 1.77 bits per heavy atom. The highest BCUT2D eigenvalue weighted by molar-refractivity contribution is 7.92. The van der Waals surface area contributed by atoms with Crippen molar-refractivity contribution in [1.82, 2.24) is 15.0 Å². The second-order valence-electron chi connectivity index (χ2n) is 8.54. The molecule has 1 aliphatic carbocycles. The third-order valence-corrected chi connectivity index (χ3v) is 7.89. The summed E-state index contributed by atoms with van der Waals surface area (Å²) in [5.41, 5.74) is 1.37. The van der Waals surface area contributed by atoms with Crippen LogP contribution in [-0.2, 0) is 10.0 Å². The number of nitrogens with zero attached hydrogens (tertiary/aromatic N) is 3. The van der Waals surface area contributed by atoms with Crippen LogP contribution < -0.4 is 10.0 Å². The predicted octanol–water partition coefficient (Wildman–Crippen LogP) is 6.03. The smallest absolute Gasteiger partial charge is 0.263 e. The van der Waals surface area contributed by atoms with Gasteiger partial charge in [-0.15, -0.1) is 0 Å². The Morgan fingerprint density at radius 1 is 0.971 bits per heavy atom. The highest BCUT2D eigenvalue weighted by Gasteiger charge is 2.19. The van der Waals surface area contributed by atoms with Crippen molar-refractivity contribution >= 4 is 44.2 Å². The summed E-state index contributed by atoms with van der Waals surface area (Å²) < 4.78 is 42.5. The maximum Gasteiger partial charge on any atom is 0.263 e. The zero-order valence-corrected chi connectivity index (χ0v) is 20.3. The number of aromatic nitrogens is 3. The molecule has 4 aromatic rings. The highest BCUT2D eigenvalue weighted by atomic mass is 35.5. The molecule has 2 aromatic heterocycles. The van der Waals surface area contributed by atoms with E-state index in [2.05, 4.69) is 25.0 Å². The lowest BCUT2D eigenvalue weighted by molar-refractivity contribution is 0.461. The molecule has 0 atom stereocenters. The van der Waals surface area contributed by atoms with Crippen molar-refractivity contribution in [2.45, 2.75) is 43.0 Å². The molecule has 0 radical (unpaired) electrons. The predicted molar refractivity (Wildman–Crippen MR) is 135 cm³/mol. The molecule has 0 spiro atoms. The van der Waals surface area contributed by atoms with Crippen LogP contribution in [0.3, 0.4) is 0 Å². The van der Waals surface area contributed by atoms with Crippen LogP contribution in [0.15, 0.2) is 65.8 Å². The van der Waals surface area contributed by atoms with Crippen molar-refractivity contribution < 1.29 is 12.8 Å². The summed E-state index contributed by atoms with van der Waals surface area (Å²) in [4.78, 5) is 13.1. The largest absolute Gasteiger partial charge is 0.351 e. The van der Waals surface area contributed by atoms with E-state index in [1.165, 1.54) is 37.6 Å². The van der Waals surface area contributed by atoms with E-state index in [1.54, 1.807) is 36.5 Å². The molecule has 2 heterocycles. The van der Waals surface area contributed by atoms with Gasteiger partial charge in [0.1, 0.15) is 10.6 Å². The first-order valence-electron chi connectivity index (χ1n) is 11.4. The van der Waals surface area contributed by atoms with Gasteiger partial charge in [-0.3, -0.25) is 9.71 Å². The van der Waals surface area contributed by atoms with Gasteiger partial charge in [-0.05, 0) is 37.1 Å². The minimum atomic E-state index is -3.99. The first kappa shape index (κ1) is 23.4. The number of rotatable bonds is 6. The second kappa shape index (κ2) is 9.75. The van der Waals surface area contributed by atoms with Gasteiger partial charge < -0.3 is 5.32 Å². The molecular formula is C25H23ClFN5O2S. The minimum absolute atomic E-state index is 0.00581. The molecule has 180 valence electrons. The number of hydrogen-bond acceptors (Lipinski definition) is 6. The lowest BCUT2D eigenvalue weighted by Gasteiger charge is -2.22. The molecule has 0 unspecified atom stereocenters. The third kappa shape index (κ3) is 5.21. The Balaban J connectivity index is 1.36. The van der Waals surface area contributed by atoms with Gasteiger partial charge in [0.15, 0.2) is 5.82 Å². The van der Waals surface area contributed by atoms with Gasteiger partial charge >= 0.3 is 0 Å². The van der Waals surface area contributed by atoms with Crippen LogP contribution in [0.4, 0.5) is 16.0 Å². The van der Waals surface area contributed by atoms with Gasteiger partial charge in [0.2, 0.25) is 5.95 Å². The Hall–Kier alpha value is -3.30.